The summed E-state index contributed by atoms with van der Waals surface area (Å²) in [5, 5.41) is 4.90. The Morgan fingerprint density at radius 1 is 1.47 bits per heavy atom. The van der Waals surface area contributed by atoms with Crippen LogP contribution in [0, 0.1) is 6.92 Å². The number of thiazole rings is 1. The third-order valence-corrected chi connectivity index (χ3v) is 4.68. The zero-order chi connectivity index (χ0) is 10.5. The van der Waals surface area contributed by atoms with E-state index in [0.29, 0.717) is 0 Å². The summed E-state index contributed by atoms with van der Waals surface area (Å²) < 4.78 is 0. The summed E-state index contributed by atoms with van der Waals surface area (Å²) in [6.45, 7) is 3.20. The third-order valence-electron chi connectivity index (χ3n) is 2.66. The van der Waals surface area contributed by atoms with Gasteiger partial charge in [-0.2, -0.15) is 11.8 Å². The minimum Gasteiger partial charge on any atom is -0.314 e. The zero-order valence-electron chi connectivity index (χ0n) is 9.16. The van der Waals surface area contributed by atoms with E-state index in [0.717, 1.165) is 19.0 Å². The van der Waals surface area contributed by atoms with Gasteiger partial charge in [-0.05, 0) is 31.3 Å². The molecule has 2 rings (SSSR count). The Balaban J connectivity index is 1.65. The second-order valence-corrected chi connectivity index (χ2v) is 6.50. The van der Waals surface area contributed by atoms with Crippen molar-refractivity contribution < 1.29 is 0 Å². The molecule has 0 spiro atoms. The number of nitrogens with zero attached hydrogens (tertiary/aromatic N) is 1. The Labute approximate surface area is 99.9 Å². The van der Waals surface area contributed by atoms with Crippen molar-refractivity contribution in [1.82, 2.24) is 10.3 Å². The maximum absolute atomic E-state index is 4.37. The minimum absolute atomic E-state index is 0.757. The van der Waals surface area contributed by atoms with Gasteiger partial charge in [0.25, 0.3) is 0 Å². The van der Waals surface area contributed by atoms with Crippen molar-refractivity contribution in [3.8, 4) is 0 Å². The molecule has 2 heterocycles. The average molecular weight is 242 g/mol. The first kappa shape index (κ1) is 11.4. The lowest BCUT2D eigenvalue weighted by Crippen LogP contribution is -2.33. The molecular formula is C11H18N2S2. The van der Waals surface area contributed by atoms with Crippen molar-refractivity contribution in [3.63, 3.8) is 0 Å². The largest absolute Gasteiger partial charge is 0.314 e. The molecule has 4 heteroatoms. The molecule has 1 N–H and O–H groups in total. The Morgan fingerprint density at radius 3 is 2.93 bits per heavy atom. The van der Waals surface area contributed by atoms with Crippen LogP contribution in [0.4, 0.5) is 0 Å². The van der Waals surface area contributed by atoms with E-state index in [1.54, 1.807) is 0 Å². The van der Waals surface area contributed by atoms with E-state index in [-0.39, 0.29) is 0 Å². The van der Waals surface area contributed by atoms with E-state index < -0.39 is 0 Å². The molecule has 1 aromatic heterocycles. The van der Waals surface area contributed by atoms with Crippen LogP contribution in [-0.4, -0.2) is 29.1 Å². The van der Waals surface area contributed by atoms with Gasteiger partial charge in [-0.1, -0.05) is 0 Å². The minimum atomic E-state index is 0.757. The highest BCUT2D eigenvalue weighted by molar-refractivity contribution is 7.99. The molecule has 1 aliphatic rings. The number of hydrogen-bond donors (Lipinski definition) is 1. The van der Waals surface area contributed by atoms with E-state index in [4.69, 9.17) is 0 Å². The van der Waals surface area contributed by atoms with Crippen molar-refractivity contribution in [1.29, 1.82) is 0 Å². The first-order valence-corrected chi connectivity index (χ1v) is 7.54. The summed E-state index contributed by atoms with van der Waals surface area (Å²) in [5.41, 5.74) is 0. The van der Waals surface area contributed by atoms with Crippen molar-refractivity contribution in [2.24, 2.45) is 0 Å². The molecule has 0 aliphatic carbocycles. The molecule has 0 radical (unpaired) electrons. The number of hydrogen-bond acceptors (Lipinski definition) is 4. The summed E-state index contributed by atoms with van der Waals surface area (Å²) in [6, 6.07) is 0.757. The Hall–Kier alpha value is -0.0600. The van der Waals surface area contributed by atoms with Crippen molar-refractivity contribution in [2.75, 3.05) is 18.1 Å². The maximum atomic E-state index is 4.37. The second-order valence-electron chi connectivity index (χ2n) is 3.96. The molecule has 0 amide bonds. The van der Waals surface area contributed by atoms with Gasteiger partial charge in [0.05, 0.1) is 5.01 Å². The molecule has 15 heavy (non-hydrogen) atoms. The normalized spacial score (nSPS) is 18.2. The standard InChI is InChI=1S/C11H18N2S2/c1-9-8-13-11(15-9)2-5-12-10-3-6-14-7-4-10/h8,10,12H,2-7H2,1H3. The van der Waals surface area contributed by atoms with E-state index in [2.05, 4.69) is 29.0 Å². The van der Waals surface area contributed by atoms with Crippen LogP contribution in [0.5, 0.6) is 0 Å². The molecule has 0 atom stereocenters. The Kier molecular flexibility index (Phi) is 4.47. The van der Waals surface area contributed by atoms with Crippen molar-refractivity contribution in [2.45, 2.75) is 32.2 Å². The van der Waals surface area contributed by atoms with Gasteiger partial charge < -0.3 is 5.32 Å². The van der Waals surface area contributed by atoms with Gasteiger partial charge in [-0.3, -0.25) is 0 Å². The van der Waals surface area contributed by atoms with Crippen LogP contribution in [0.3, 0.4) is 0 Å². The first-order chi connectivity index (χ1) is 7.34. The Bertz CT molecular complexity index is 293. The maximum Gasteiger partial charge on any atom is 0.0940 e. The van der Waals surface area contributed by atoms with Crippen LogP contribution in [0.2, 0.25) is 0 Å². The predicted octanol–water partition coefficient (Wildman–Crippen LogP) is 2.48. The topological polar surface area (TPSA) is 24.9 Å². The third kappa shape index (κ3) is 3.78. The number of thioether (sulfide) groups is 1. The molecule has 0 bridgehead atoms. The van der Waals surface area contributed by atoms with Crippen LogP contribution in [-0.2, 0) is 6.42 Å². The molecule has 0 aromatic carbocycles. The van der Waals surface area contributed by atoms with Gasteiger partial charge >= 0.3 is 0 Å². The van der Waals surface area contributed by atoms with E-state index >= 15 is 0 Å². The quantitative estimate of drug-likeness (QED) is 0.878. The zero-order valence-corrected chi connectivity index (χ0v) is 10.8. The highest BCUT2D eigenvalue weighted by atomic mass is 32.2. The summed E-state index contributed by atoms with van der Waals surface area (Å²) >= 11 is 3.90. The Morgan fingerprint density at radius 2 is 2.27 bits per heavy atom. The van der Waals surface area contributed by atoms with Gasteiger partial charge in [-0.15, -0.1) is 11.3 Å². The van der Waals surface area contributed by atoms with Gasteiger partial charge in [0, 0.05) is 30.1 Å². The van der Waals surface area contributed by atoms with Crippen LogP contribution in [0.15, 0.2) is 6.20 Å². The molecule has 84 valence electrons. The molecule has 1 aliphatic heterocycles. The van der Waals surface area contributed by atoms with Crippen LogP contribution >= 0.6 is 23.1 Å². The molecule has 1 fully saturated rings. The number of nitrogens with one attached hydrogen (secondary N) is 1. The van der Waals surface area contributed by atoms with Crippen molar-refractivity contribution >= 4 is 23.1 Å². The average Bonchev–Trinajstić information content (AvgIpc) is 2.66. The number of aromatic nitrogens is 1. The lowest BCUT2D eigenvalue weighted by Gasteiger charge is -2.22. The molecule has 1 aromatic rings. The fourth-order valence-electron chi connectivity index (χ4n) is 1.80. The predicted molar refractivity (Wildman–Crippen MR) is 68.9 cm³/mol. The second kappa shape index (κ2) is 5.87. The fourth-order valence-corrected chi connectivity index (χ4v) is 3.70. The molecule has 2 nitrogen and oxygen atoms in total. The lowest BCUT2D eigenvalue weighted by molar-refractivity contribution is 0.486. The van der Waals surface area contributed by atoms with E-state index in [9.17, 15) is 0 Å². The lowest BCUT2D eigenvalue weighted by atomic mass is 10.1. The fraction of sp³-hybridized carbons (Fsp3) is 0.727. The summed E-state index contributed by atoms with van der Waals surface area (Å²) in [4.78, 5) is 5.69. The van der Waals surface area contributed by atoms with Gasteiger partial charge in [-0.25, -0.2) is 4.98 Å². The smallest absolute Gasteiger partial charge is 0.0940 e. The summed E-state index contributed by atoms with van der Waals surface area (Å²) in [6.07, 6.45) is 5.72. The van der Waals surface area contributed by atoms with Gasteiger partial charge in [0.1, 0.15) is 0 Å². The molecule has 0 saturated carbocycles. The van der Waals surface area contributed by atoms with Gasteiger partial charge in [0.2, 0.25) is 0 Å². The van der Waals surface area contributed by atoms with Crippen LogP contribution < -0.4 is 5.32 Å². The van der Waals surface area contributed by atoms with Gasteiger partial charge in [0.15, 0.2) is 0 Å². The molecule has 0 unspecified atom stereocenters. The monoisotopic (exact) mass is 242 g/mol. The first-order valence-electron chi connectivity index (χ1n) is 5.57. The molecule has 1 saturated heterocycles. The SMILES string of the molecule is Cc1cnc(CCNC2CCSCC2)s1. The molecular weight excluding hydrogens is 224 g/mol. The van der Waals surface area contributed by atoms with Crippen LogP contribution in [0.25, 0.3) is 0 Å². The highest BCUT2D eigenvalue weighted by Crippen LogP contribution is 2.17. The highest BCUT2D eigenvalue weighted by Gasteiger charge is 2.12. The van der Waals surface area contributed by atoms with E-state index in [1.807, 2.05) is 17.5 Å². The summed E-state index contributed by atoms with van der Waals surface area (Å²) in [5.74, 6) is 2.65. The number of aryl methyl sites for hydroxylation is 1. The number of rotatable bonds is 4. The van der Waals surface area contributed by atoms with E-state index in [1.165, 1.54) is 34.2 Å². The summed E-state index contributed by atoms with van der Waals surface area (Å²) in [7, 11) is 0. The van der Waals surface area contributed by atoms with Crippen LogP contribution in [0.1, 0.15) is 22.7 Å². The van der Waals surface area contributed by atoms with Crippen molar-refractivity contribution in [3.05, 3.63) is 16.1 Å².